The predicted molar refractivity (Wildman–Crippen MR) is 132 cm³/mol. The molecule has 0 atom stereocenters. The number of benzene rings is 3. The Morgan fingerprint density at radius 3 is 2.38 bits per heavy atom. The summed E-state index contributed by atoms with van der Waals surface area (Å²) in [6.07, 6.45) is 2.63. The van der Waals surface area contributed by atoms with Crippen molar-refractivity contribution in [2.45, 2.75) is 6.92 Å². The molecule has 3 nitrogen and oxygen atoms in total. The number of halogens is 2. The second-order valence-corrected chi connectivity index (χ2v) is 8.25. The fourth-order valence-corrected chi connectivity index (χ4v) is 4.51. The number of fused-ring (bicyclic) bond motifs is 1. The molecule has 0 fully saturated rings. The lowest BCUT2D eigenvalue weighted by Gasteiger charge is -2.16. The second-order valence-electron chi connectivity index (χ2n) is 7.46. The zero-order chi connectivity index (χ0) is 22.7. The van der Waals surface area contributed by atoms with Gasteiger partial charge in [-0.25, -0.2) is 9.18 Å². The zero-order valence-electron chi connectivity index (χ0n) is 17.4. The van der Waals surface area contributed by atoms with Crippen LogP contribution in [0.2, 0.25) is 0 Å². The van der Waals surface area contributed by atoms with Crippen molar-refractivity contribution in [2.75, 3.05) is 6.67 Å². The van der Waals surface area contributed by atoms with Crippen LogP contribution in [0.25, 0.3) is 28.1 Å². The highest BCUT2D eigenvalue weighted by atomic mass is 79.9. The Morgan fingerprint density at radius 1 is 1.03 bits per heavy atom. The monoisotopic (exact) mass is 489 g/mol. The van der Waals surface area contributed by atoms with Crippen LogP contribution in [0.4, 0.5) is 4.39 Å². The number of nitrogens with one attached hydrogen (secondary N) is 1. The molecule has 3 aromatic carbocycles. The Hall–Kier alpha value is -3.44. The van der Waals surface area contributed by atoms with Gasteiger partial charge < -0.3 is 10.1 Å². The lowest BCUT2D eigenvalue weighted by atomic mass is 9.90. The molecule has 0 saturated carbocycles. The van der Waals surface area contributed by atoms with Crippen LogP contribution < -0.4 is 0 Å². The van der Waals surface area contributed by atoms with Crippen LogP contribution in [-0.4, -0.2) is 22.7 Å². The first-order valence-electron chi connectivity index (χ1n) is 10.1. The number of aliphatic carboxylic acids is 1. The summed E-state index contributed by atoms with van der Waals surface area (Å²) in [6, 6.07) is 23.1. The number of alkyl halides is 1. The van der Waals surface area contributed by atoms with Gasteiger partial charge in [-0.3, -0.25) is 0 Å². The van der Waals surface area contributed by atoms with Gasteiger partial charge in [0.25, 0.3) is 0 Å². The molecule has 1 aromatic heterocycles. The molecule has 32 heavy (non-hydrogen) atoms. The molecular formula is C27H21BrFNO2. The predicted octanol–water partition coefficient (Wildman–Crippen LogP) is 7.27. The molecule has 0 bridgehead atoms. The van der Waals surface area contributed by atoms with Crippen molar-refractivity contribution in [3.05, 3.63) is 111 Å². The largest absolute Gasteiger partial charge is 0.478 e. The summed E-state index contributed by atoms with van der Waals surface area (Å²) >= 11 is 3.73. The van der Waals surface area contributed by atoms with E-state index >= 15 is 0 Å². The standard InChI is InChI=1S/C27H21BrFNO2/c1-17-6-2-3-7-20(17)22(16-29)25(19-13-10-18(11-14-19)12-15-24(31)32)27-26(28)21-8-4-5-9-23(21)30-27/h2-15,30H,16H2,1H3,(H,31,32)/b15-12+,25-22+. The molecule has 0 spiro atoms. The molecule has 160 valence electrons. The van der Waals surface area contributed by atoms with E-state index in [1.807, 2.05) is 79.7 Å². The Balaban J connectivity index is 1.98. The van der Waals surface area contributed by atoms with Crippen LogP contribution in [0.5, 0.6) is 0 Å². The van der Waals surface area contributed by atoms with Gasteiger partial charge in [-0.1, -0.05) is 66.7 Å². The maximum atomic E-state index is 14.7. The van der Waals surface area contributed by atoms with Gasteiger partial charge in [-0.05, 0) is 57.2 Å². The van der Waals surface area contributed by atoms with Crippen molar-refractivity contribution in [3.8, 4) is 0 Å². The van der Waals surface area contributed by atoms with Crippen molar-refractivity contribution in [1.29, 1.82) is 0 Å². The topological polar surface area (TPSA) is 53.1 Å². The second kappa shape index (κ2) is 9.37. The molecule has 5 heteroatoms. The summed E-state index contributed by atoms with van der Waals surface area (Å²) in [4.78, 5) is 14.3. The SMILES string of the molecule is Cc1ccccc1/C(CF)=C(\c1ccc(/C=C/C(=O)O)cc1)c1[nH]c2ccccc2c1Br. The normalized spacial score (nSPS) is 12.3. The van der Waals surface area contributed by atoms with Gasteiger partial charge in [-0.15, -0.1) is 0 Å². The Morgan fingerprint density at radius 2 is 1.72 bits per heavy atom. The average molecular weight is 490 g/mol. The minimum absolute atomic E-state index is 0.587. The van der Waals surface area contributed by atoms with Crippen LogP contribution in [0.15, 0.2) is 83.3 Å². The van der Waals surface area contributed by atoms with Gasteiger partial charge in [0.2, 0.25) is 0 Å². The van der Waals surface area contributed by atoms with Crippen LogP contribution in [0.3, 0.4) is 0 Å². The number of carboxylic acid groups (broad SMARTS) is 1. The van der Waals surface area contributed by atoms with Gasteiger partial charge in [0, 0.05) is 28.1 Å². The minimum atomic E-state index is -1.00. The van der Waals surface area contributed by atoms with Crippen molar-refractivity contribution < 1.29 is 14.3 Å². The molecule has 0 aliphatic carbocycles. The summed E-state index contributed by atoms with van der Waals surface area (Å²) in [5.74, 6) is -1.00. The summed E-state index contributed by atoms with van der Waals surface area (Å²) < 4.78 is 15.5. The molecule has 0 amide bonds. The number of allylic oxidation sites excluding steroid dienone is 1. The summed E-state index contributed by atoms with van der Waals surface area (Å²) in [5, 5.41) is 9.90. The van der Waals surface area contributed by atoms with Gasteiger partial charge in [-0.2, -0.15) is 0 Å². The number of para-hydroxylation sites is 1. The first-order valence-corrected chi connectivity index (χ1v) is 10.9. The van der Waals surface area contributed by atoms with Crippen LogP contribution >= 0.6 is 15.9 Å². The summed E-state index contributed by atoms with van der Waals surface area (Å²) in [6.45, 7) is 1.34. The van der Waals surface area contributed by atoms with Crippen LogP contribution in [0.1, 0.15) is 27.9 Å². The van der Waals surface area contributed by atoms with E-state index in [4.69, 9.17) is 5.11 Å². The summed E-state index contributed by atoms with van der Waals surface area (Å²) in [7, 11) is 0. The molecule has 1 heterocycles. The van der Waals surface area contributed by atoms with E-state index < -0.39 is 12.6 Å². The van der Waals surface area contributed by atoms with E-state index in [0.717, 1.165) is 55.0 Å². The third-order valence-electron chi connectivity index (χ3n) is 5.42. The molecule has 0 unspecified atom stereocenters. The number of rotatable bonds is 6. The lowest BCUT2D eigenvalue weighted by Crippen LogP contribution is -2.00. The zero-order valence-corrected chi connectivity index (χ0v) is 19.0. The number of aromatic nitrogens is 1. The molecule has 0 aliphatic rings. The molecule has 2 N–H and O–H groups in total. The third-order valence-corrected chi connectivity index (χ3v) is 6.24. The highest BCUT2D eigenvalue weighted by Gasteiger charge is 2.20. The average Bonchev–Trinajstić information content (AvgIpc) is 3.13. The highest BCUT2D eigenvalue weighted by molar-refractivity contribution is 9.10. The van der Waals surface area contributed by atoms with Crippen molar-refractivity contribution in [2.24, 2.45) is 0 Å². The fourth-order valence-electron chi connectivity index (χ4n) is 3.86. The molecule has 0 aliphatic heterocycles. The third kappa shape index (κ3) is 4.30. The smallest absolute Gasteiger partial charge is 0.328 e. The van der Waals surface area contributed by atoms with Gasteiger partial charge in [0.1, 0.15) is 6.67 Å². The molecule has 4 rings (SSSR count). The van der Waals surface area contributed by atoms with E-state index in [0.29, 0.717) is 5.57 Å². The number of carboxylic acids is 1. The molecule has 4 aromatic rings. The van der Waals surface area contributed by atoms with Crippen LogP contribution in [0, 0.1) is 6.92 Å². The quantitative estimate of drug-likeness (QED) is 0.221. The van der Waals surface area contributed by atoms with E-state index in [2.05, 4.69) is 20.9 Å². The number of aromatic amines is 1. The molecular weight excluding hydrogens is 469 g/mol. The number of hydrogen-bond acceptors (Lipinski definition) is 1. The maximum Gasteiger partial charge on any atom is 0.328 e. The number of carbonyl (C=O) groups is 1. The number of hydrogen-bond donors (Lipinski definition) is 2. The first-order chi connectivity index (χ1) is 15.5. The molecule has 0 saturated heterocycles. The van der Waals surface area contributed by atoms with Gasteiger partial charge >= 0.3 is 5.97 Å². The number of H-pyrrole nitrogens is 1. The highest BCUT2D eigenvalue weighted by Crippen LogP contribution is 2.40. The minimum Gasteiger partial charge on any atom is -0.478 e. The maximum absolute atomic E-state index is 14.7. The lowest BCUT2D eigenvalue weighted by molar-refractivity contribution is -0.131. The van der Waals surface area contributed by atoms with E-state index in [1.165, 1.54) is 6.08 Å². The van der Waals surface area contributed by atoms with Crippen molar-refractivity contribution >= 4 is 50.0 Å². The Bertz CT molecular complexity index is 1350. The van der Waals surface area contributed by atoms with Gasteiger partial charge in [0.15, 0.2) is 0 Å². The van der Waals surface area contributed by atoms with Crippen LogP contribution in [-0.2, 0) is 4.79 Å². The summed E-state index contributed by atoms with van der Waals surface area (Å²) in [5.41, 5.74) is 6.54. The van der Waals surface area contributed by atoms with Gasteiger partial charge in [0.05, 0.1) is 10.2 Å². The van der Waals surface area contributed by atoms with E-state index in [1.54, 1.807) is 0 Å². The first kappa shape index (κ1) is 21.8. The Labute approximate surface area is 194 Å². The van der Waals surface area contributed by atoms with E-state index in [-0.39, 0.29) is 0 Å². The number of aryl methyl sites for hydroxylation is 1. The molecule has 0 radical (unpaired) electrons. The fraction of sp³-hybridized carbons (Fsp3) is 0.0741. The van der Waals surface area contributed by atoms with E-state index in [9.17, 15) is 9.18 Å². The van der Waals surface area contributed by atoms with Crippen molar-refractivity contribution in [3.63, 3.8) is 0 Å². The van der Waals surface area contributed by atoms with Crippen molar-refractivity contribution in [1.82, 2.24) is 4.98 Å². The Kier molecular flexibility index (Phi) is 6.37.